The standard InChI is InChI=1S/C6H14N.C5H5.2CH3.Ti/c1-3-5-6-7-4-2;1-2-4-5-3-1;;;/h7H,2-6H2,1H3;1-3H,4H2;2*1H3;. The van der Waals surface area contributed by atoms with Gasteiger partial charge in [0.25, 0.3) is 0 Å². The molecule has 1 nitrogen and oxygen atoms in total. The second-order valence-electron chi connectivity index (χ2n) is 5.06. The zero-order valence-corrected chi connectivity index (χ0v) is 12.0. The summed E-state index contributed by atoms with van der Waals surface area (Å²) in [6, 6.07) is 0. The fourth-order valence-electron chi connectivity index (χ4n) is 1.94. The summed E-state index contributed by atoms with van der Waals surface area (Å²) in [5, 5.41) is 8.65. The summed E-state index contributed by atoms with van der Waals surface area (Å²) in [6.45, 7) is 4.68. The normalized spacial score (nSPS) is 15.8. The van der Waals surface area contributed by atoms with Crippen LogP contribution in [0.5, 0.6) is 0 Å². The summed E-state index contributed by atoms with van der Waals surface area (Å²) >= 11 is -1.60. The minimum atomic E-state index is -1.60. The molecule has 0 fully saturated rings. The SMILES string of the molecule is CCCCNC[CH2][Ti]([CH3])([CH3])[C]1=CC=CC1. The van der Waals surface area contributed by atoms with Crippen LogP contribution in [0.15, 0.2) is 22.1 Å². The van der Waals surface area contributed by atoms with E-state index in [0.717, 1.165) is 0 Å². The molecule has 0 bridgehead atoms. The Hall–Kier alpha value is 0.154. The van der Waals surface area contributed by atoms with Crippen LogP contribution in [0.3, 0.4) is 0 Å². The summed E-state index contributed by atoms with van der Waals surface area (Å²) < 4.78 is 3.20. The average molecular weight is 243 g/mol. The number of hydrogen-bond acceptors (Lipinski definition) is 1. The quantitative estimate of drug-likeness (QED) is 0.528. The molecular weight excluding hydrogens is 218 g/mol. The van der Waals surface area contributed by atoms with Gasteiger partial charge in [-0.1, -0.05) is 0 Å². The van der Waals surface area contributed by atoms with Gasteiger partial charge in [-0.25, -0.2) is 0 Å². The zero-order chi connectivity index (χ0) is 11.1. The van der Waals surface area contributed by atoms with Crippen molar-refractivity contribution in [1.29, 1.82) is 0 Å². The third-order valence-electron chi connectivity index (χ3n) is 3.27. The first-order valence-corrected chi connectivity index (χ1v) is 11.2. The van der Waals surface area contributed by atoms with Gasteiger partial charge in [-0.2, -0.15) is 0 Å². The van der Waals surface area contributed by atoms with E-state index in [0.29, 0.717) is 0 Å². The Morgan fingerprint density at radius 3 is 2.73 bits per heavy atom. The predicted molar refractivity (Wildman–Crippen MR) is 66.2 cm³/mol. The summed E-state index contributed by atoms with van der Waals surface area (Å²) in [6.07, 6.45) is 10.7. The number of rotatable bonds is 7. The molecule has 0 aromatic carbocycles. The molecule has 0 aromatic rings. The van der Waals surface area contributed by atoms with Gasteiger partial charge in [0.15, 0.2) is 0 Å². The minimum absolute atomic E-state index is 1.20. The second-order valence-corrected chi connectivity index (χ2v) is 12.7. The number of unbranched alkanes of at least 4 members (excludes halogenated alkanes) is 1. The molecule has 0 spiro atoms. The molecule has 1 rings (SSSR count). The Morgan fingerprint density at radius 2 is 2.13 bits per heavy atom. The molecule has 0 heterocycles. The molecule has 1 aliphatic carbocycles. The van der Waals surface area contributed by atoms with Gasteiger partial charge in [0, 0.05) is 0 Å². The van der Waals surface area contributed by atoms with Gasteiger partial charge >= 0.3 is 98.5 Å². The predicted octanol–water partition coefficient (Wildman–Crippen LogP) is 3.89. The summed E-state index contributed by atoms with van der Waals surface area (Å²) in [5.74, 6) is 0. The molecule has 0 radical (unpaired) electrons. The molecule has 0 aromatic heterocycles. The van der Waals surface area contributed by atoms with Crippen molar-refractivity contribution >= 4 is 0 Å². The van der Waals surface area contributed by atoms with Gasteiger partial charge in [-0.3, -0.25) is 0 Å². The van der Waals surface area contributed by atoms with Gasteiger partial charge < -0.3 is 0 Å². The second kappa shape index (κ2) is 6.68. The van der Waals surface area contributed by atoms with Crippen molar-refractivity contribution in [1.82, 2.24) is 5.32 Å². The Morgan fingerprint density at radius 1 is 1.33 bits per heavy atom. The Bertz CT molecular complexity index is 241. The van der Waals surface area contributed by atoms with Gasteiger partial charge in [-0.15, -0.1) is 0 Å². The van der Waals surface area contributed by atoms with Crippen molar-refractivity contribution in [3.8, 4) is 0 Å². The van der Waals surface area contributed by atoms with Crippen LogP contribution < -0.4 is 5.32 Å². The third-order valence-corrected chi connectivity index (χ3v) is 8.91. The molecule has 86 valence electrons. The number of hydrogen-bond donors (Lipinski definition) is 1. The third kappa shape index (κ3) is 4.67. The zero-order valence-electron chi connectivity index (χ0n) is 10.5. The number of allylic oxidation sites excluding steroid dienone is 4. The average Bonchev–Trinajstić information content (AvgIpc) is 2.70. The van der Waals surface area contributed by atoms with Gasteiger partial charge in [0.05, 0.1) is 0 Å². The summed E-state index contributed by atoms with van der Waals surface area (Å²) in [5.41, 5.74) is 0. The maximum atomic E-state index is 3.57. The summed E-state index contributed by atoms with van der Waals surface area (Å²) in [4.78, 5) is 0. The van der Waals surface area contributed by atoms with E-state index in [1.165, 1.54) is 37.1 Å². The first kappa shape index (κ1) is 13.2. The van der Waals surface area contributed by atoms with E-state index in [9.17, 15) is 0 Å². The molecule has 0 aliphatic heterocycles. The van der Waals surface area contributed by atoms with Crippen molar-refractivity contribution in [3.63, 3.8) is 0 Å². The van der Waals surface area contributed by atoms with Crippen LogP contribution in [0.1, 0.15) is 26.2 Å². The molecule has 0 saturated carbocycles. The van der Waals surface area contributed by atoms with Gasteiger partial charge in [0.2, 0.25) is 0 Å². The van der Waals surface area contributed by atoms with Crippen LogP contribution in [0, 0.1) is 0 Å². The molecule has 0 saturated heterocycles. The van der Waals surface area contributed by atoms with E-state index >= 15 is 0 Å². The molecule has 1 N–H and O–H groups in total. The first-order chi connectivity index (χ1) is 7.17. The fraction of sp³-hybridized carbons (Fsp3) is 0.692. The Labute approximate surface area is 98.4 Å². The molecule has 15 heavy (non-hydrogen) atoms. The molecule has 0 amide bonds. The van der Waals surface area contributed by atoms with Crippen LogP contribution >= 0.6 is 0 Å². The van der Waals surface area contributed by atoms with E-state index in [1.54, 1.807) is 3.88 Å². The molecule has 0 atom stereocenters. The van der Waals surface area contributed by atoms with Crippen molar-refractivity contribution in [2.45, 2.75) is 41.4 Å². The monoisotopic (exact) mass is 243 g/mol. The molecule has 2 heteroatoms. The van der Waals surface area contributed by atoms with Crippen molar-refractivity contribution in [3.05, 3.63) is 22.1 Å². The van der Waals surface area contributed by atoms with Crippen LogP contribution in [-0.4, -0.2) is 13.1 Å². The number of nitrogens with one attached hydrogen (secondary N) is 1. The van der Waals surface area contributed by atoms with Gasteiger partial charge in [0.1, 0.15) is 0 Å². The topological polar surface area (TPSA) is 12.0 Å². The van der Waals surface area contributed by atoms with E-state index in [1.807, 2.05) is 0 Å². The molecular formula is C13H25NTi. The van der Waals surface area contributed by atoms with Crippen LogP contribution in [-0.2, 0) is 16.6 Å². The maximum absolute atomic E-state index is 3.57. The summed E-state index contributed by atoms with van der Waals surface area (Å²) in [7, 11) is 0. The van der Waals surface area contributed by atoms with Crippen molar-refractivity contribution in [2.75, 3.05) is 13.1 Å². The van der Waals surface area contributed by atoms with Gasteiger partial charge in [-0.05, 0) is 0 Å². The Balaban J connectivity index is 2.19. The fourth-order valence-corrected chi connectivity index (χ4v) is 5.59. The first-order valence-electron chi connectivity index (χ1n) is 6.23. The Kier molecular flexibility index (Phi) is 5.88. The van der Waals surface area contributed by atoms with E-state index in [4.69, 9.17) is 0 Å². The van der Waals surface area contributed by atoms with Crippen molar-refractivity contribution in [2.24, 2.45) is 0 Å². The van der Waals surface area contributed by atoms with Crippen LogP contribution in [0.4, 0.5) is 0 Å². The van der Waals surface area contributed by atoms with Crippen LogP contribution in [0.2, 0.25) is 15.2 Å². The molecule has 1 aliphatic rings. The van der Waals surface area contributed by atoms with Crippen molar-refractivity contribution < 1.29 is 16.6 Å². The molecule has 0 unspecified atom stereocenters. The van der Waals surface area contributed by atoms with E-state index in [2.05, 4.69) is 40.9 Å². The van der Waals surface area contributed by atoms with Crippen LogP contribution in [0.25, 0.3) is 0 Å². The van der Waals surface area contributed by atoms with E-state index in [-0.39, 0.29) is 0 Å². The van der Waals surface area contributed by atoms with E-state index < -0.39 is 16.6 Å².